The first-order chi connectivity index (χ1) is 14.1. The van der Waals surface area contributed by atoms with E-state index in [-0.39, 0.29) is 5.91 Å². The molecule has 0 bridgehead atoms. The number of carbonyl (C=O) groups excluding carboxylic acids is 1. The van der Waals surface area contributed by atoms with Gasteiger partial charge in [-0.15, -0.1) is 0 Å². The Labute approximate surface area is 174 Å². The Bertz CT molecular complexity index is 975. The molecule has 3 rings (SSSR count). The number of thioether (sulfide) groups is 1. The Morgan fingerprint density at radius 2 is 2.07 bits per heavy atom. The van der Waals surface area contributed by atoms with Crippen molar-refractivity contribution in [1.82, 2.24) is 25.1 Å². The van der Waals surface area contributed by atoms with Crippen molar-refractivity contribution in [3.63, 3.8) is 0 Å². The van der Waals surface area contributed by atoms with E-state index in [9.17, 15) is 4.79 Å². The second-order valence-corrected chi connectivity index (χ2v) is 7.13. The second kappa shape index (κ2) is 10.2. The molecule has 0 spiro atoms. The van der Waals surface area contributed by atoms with Crippen LogP contribution in [0.25, 0.3) is 11.0 Å². The van der Waals surface area contributed by atoms with Crippen molar-refractivity contribution in [1.29, 1.82) is 0 Å². The number of anilines is 1. The molecular weight excluding hydrogens is 388 g/mol. The monoisotopic (exact) mass is 414 g/mol. The lowest BCUT2D eigenvalue weighted by atomic mass is 10.1. The van der Waals surface area contributed by atoms with Crippen molar-refractivity contribution in [2.24, 2.45) is 0 Å². The molecule has 9 heteroatoms. The molecule has 8 nitrogen and oxygen atoms in total. The number of rotatable bonds is 10. The van der Waals surface area contributed by atoms with E-state index in [2.05, 4.69) is 25.7 Å². The fraction of sp³-hybridized carbons (Fsp3) is 0.400. The highest BCUT2D eigenvalue weighted by Crippen LogP contribution is 2.23. The third kappa shape index (κ3) is 5.24. The van der Waals surface area contributed by atoms with Crippen molar-refractivity contribution < 1.29 is 9.53 Å². The van der Waals surface area contributed by atoms with E-state index < -0.39 is 0 Å². The number of aryl methyl sites for hydroxylation is 1. The van der Waals surface area contributed by atoms with Gasteiger partial charge in [0.15, 0.2) is 10.8 Å². The minimum atomic E-state index is -0.0859. The third-order valence-electron chi connectivity index (χ3n) is 4.40. The summed E-state index contributed by atoms with van der Waals surface area (Å²) in [7, 11) is 0. The van der Waals surface area contributed by atoms with Crippen LogP contribution in [0, 0.1) is 6.92 Å². The van der Waals surface area contributed by atoms with Crippen molar-refractivity contribution in [3.05, 3.63) is 41.6 Å². The number of carbonyl (C=O) groups is 1. The number of nitrogens with zero attached hydrogens (tertiary/aromatic N) is 4. The predicted octanol–water partition coefficient (Wildman–Crippen LogP) is 2.74. The topological polar surface area (TPSA) is 94.0 Å². The summed E-state index contributed by atoms with van der Waals surface area (Å²) in [5, 5.41) is 12.2. The van der Waals surface area contributed by atoms with Crippen LogP contribution in [0.4, 0.5) is 5.82 Å². The van der Waals surface area contributed by atoms with Gasteiger partial charge in [0.2, 0.25) is 0 Å². The van der Waals surface area contributed by atoms with Gasteiger partial charge in [-0.3, -0.25) is 4.79 Å². The molecule has 0 saturated heterocycles. The summed E-state index contributed by atoms with van der Waals surface area (Å²) in [4.78, 5) is 21.5. The van der Waals surface area contributed by atoms with E-state index in [0.29, 0.717) is 43.6 Å². The number of ether oxygens (including phenoxy) is 1. The number of benzene rings is 1. The maximum Gasteiger partial charge on any atom is 0.251 e. The highest BCUT2D eigenvalue weighted by Gasteiger charge is 2.13. The summed E-state index contributed by atoms with van der Waals surface area (Å²) in [5.74, 6) is 0.659. The van der Waals surface area contributed by atoms with Gasteiger partial charge in [-0.2, -0.15) is 5.10 Å². The maximum atomic E-state index is 12.4. The molecule has 1 amide bonds. The van der Waals surface area contributed by atoms with Crippen LogP contribution in [0.3, 0.4) is 0 Å². The number of fused-ring (bicyclic) bond motifs is 1. The molecule has 1 aromatic carbocycles. The summed E-state index contributed by atoms with van der Waals surface area (Å²) < 4.78 is 7.17. The lowest BCUT2D eigenvalue weighted by Gasteiger charge is -2.10. The van der Waals surface area contributed by atoms with Crippen LogP contribution in [-0.2, 0) is 11.3 Å². The van der Waals surface area contributed by atoms with Gasteiger partial charge in [0.1, 0.15) is 5.82 Å². The quantitative estimate of drug-likeness (QED) is 0.299. The molecule has 2 N–H and O–H groups in total. The van der Waals surface area contributed by atoms with Gasteiger partial charge in [0.05, 0.1) is 24.7 Å². The van der Waals surface area contributed by atoms with Gasteiger partial charge in [0.25, 0.3) is 5.91 Å². The minimum Gasteiger partial charge on any atom is -0.380 e. The Morgan fingerprint density at radius 1 is 1.24 bits per heavy atom. The number of hydrogen-bond acceptors (Lipinski definition) is 7. The average molecular weight is 415 g/mol. The molecule has 0 unspecified atom stereocenters. The van der Waals surface area contributed by atoms with E-state index in [0.717, 1.165) is 22.4 Å². The van der Waals surface area contributed by atoms with E-state index in [1.165, 1.54) is 11.8 Å². The Balaban J connectivity index is 1.69. The molecule has 2 heterocycles. The van der Waals surface area contributed by atoms with E-state index in [1.54, 1.807) is 10.9 Å². The number of aromatic nitrogens is 4. The number of nitrogens with one attached hydrogen (secondary N) is 2. The minimum absolute atomic E-state index is 0.0859. The Morgan fingerprint density at radius 3 is 2.83 bits per heavy atom. The number of amides is 1. The fourth-order valence-electron chi connectivity index (χ4n) is 2.91. The summed E-state index contributed by atoms with van der Waals surface area (Å²) >= 11 is 1.48. The molecule has 3 aromatic rings. The zero-order valence-electron chi connectivity index (χ0n) is 16.9. The van der Waals surface area contributed by atoms with Crippen LogP contribution < -0.4 is 10.6 Å². The van der Waals surface area contributed by atoms with Crippen LogP contribution in [0.1, 0.15) is 22.8 Å². The van der Waals surface area contributed by atoms with E-state index >= 15 is 0 Å². The smallest absolute Gasteiger partial charge is 0.251 e. The third-order valence-corrected chi connectivity index (χ3v) is 4.95. The van der Waals surface area contributed by atoms with Crippen molar-refractivity contribution in [3.8, 4) is 0 Å². The summed E-state index contributed by atoms with van der Waals surface area (Å²) in [5.41, 5.74) is 2.38. The van der Waals surface area contributed by atoms with Crippen LogP contribution in [-0.4, -0.2) is 58.2 Å². The Hall–Kier alpha value is -2.65. The van der Waals surface area contributed by atoms with Crippen LogP contribution >= 0.6 is 11.8 Å². The summed E-state index contributed by atoms with van der Waals surface area (Å²) in [6.07, 6.45) is 3.69. The van der Waals surface area contributed by atoms with E-state index in [4.69, 9.17) is 4.74 Å². The van der Waals surface area contributed by atoms with Gasteiger partial charge in [0, 0.05) is 25.3 Å². The van der Waals surface area contributed by atoms with Crippen molar-refractivity contribution in [2.45, 2.75) is 25.5 Å². The highest BCUT2D eigenvalue weighted by molar-refractivity contribution is 7.98. The lowest BCUT2D eigenvalue weighted by molar-refractivity contribution is 0.0951. The Kier molecular flexibility index (Phi) is 7.42. The first kappa shape index (κ1) is 21.1. The molecule has 154 valence electrons. The second-order valence-electron chi connectivity index (χ2n) is 6.36. The zero-order valence-corrected chi connectivity index (χ0v) is 17.8. The van der Waals surface area contributed by atoms with Gasteiger partial charge in [-0.05, 0) is 31.7 Å². The highest BCUT2D eigenvalue weighted by atomic mass is 32.2. The molecular formula is C20H26N6O2S. The SMILES string of the molecule is CCOCCNc1nc(SC)nc2c1cnn2CCNC(=O)c1ccccc1C. The molecule has 0 fully saturated rings. The van der Waals surface area contributed by atoms with Crippen molar-refractivity contribution >= 4 is 34.5 Å². The molecule has 0 radical (unpaired) electrons. The molecule has 0 atom stereocenters. The first-order valence-electron chi connectivity index (χ1n) is 9.57. The molecule has 29 heavy (non-hydrogen) atoms. The molecule has 0 aliphatic heterocycles. The van der Waals surface area contributed by atoms with Crippen LogP contribution in [0.2, 0.25) is 0 Å². The maximum absolute atomic E-state index is 12.4. The van der Waals surface area contributed by atoms with Gasteiger partial charge in [-0.1, -0.05) is 30.0 Å². The predicted molar refractivity (Wildman–Crippen MR) is 116 cm³/mol. The lowest BCUT2D eigenvalue weighted by Crippen LogP contribution is -2.28. The van der Waals surface area contributed by atoms with Gasteiger partial charge in [-0.25, -0.2) is 14.6 Å². The number of hydrogen-bond donors (Lipinski definition) is 2. The van der Waals surface area contributed by atoms with Crippen LogP contribution in [0.15, 0.2) is 35.6 Å². The van der Waals surface area contributed by atoms with Crippen LogP contribution in [0.5, 0.6) is 0 Å². The molecule has 0 aliphatic carbocycles. The molecule has 0 aliphatic rings. The van der Waals surface area contributed by atoms with Gasteiger partial charge < -0.3 is 15.4 Å². The standard InChI is InChI=1S/C20H26N6O2S/c1-4-28-12-10-21-17-16-13-23-26(18(16)25-20(24-17)29-3)11-9-22-19(27)15-8-6-5-7-14(15)2/h5-8,13H,4,9-12H2,1-3H3,(H,22,27)(H,21,24,25). The summed E-state index contributed by atoms with van der Waals surface area (Å²) in [6, 6.07) is 7.54. The normalized spacial score (nSPS) is 11.0. The largest absolute Gasteiger partial charge is 0.380 e. The van der Waals surface area contributed by atoms with E-state index in [1.807, 2.05) is 44.4 Å². The van der Waals surface area contributed by atoms with Gasteiger partial charge >= 0.3 is 0 Å². The zero-order chi connectivity index (χ0) is 20.6. The van der Waals surface area contributed by atoms with Crippen molar-refractivity contribution in [2.75, 3.05) is 37.9 Å². The average Bonchev–Trinajstić information content (AvgIpc) is 3.14. The molecule has 0 saturated carbocycles. The first-order valence-corrected chi connectivity index (χ1v) is 10.8. The fourth-order valence-corrected chi connectivity index (χ4v) is 3.27. The summed E-state index contributed by atoms with van der Waals surface area (Å²) in [6.45, 7) is 6.82. The molecule has 2 aromatic heterocycles.